The number of likely N-dealkylation sites (N-methyl/N-ethyl adjacent to an activating group) is 1. The second-order valence-electron chi connectivity index (χ2n) is 5.72. The molecule has 1 saturated heterocycles. The maximum Gasteiger partial charge on any atom is 0.117 e. The van der Waals surface area contributed by atoms with Gasteiger partial charge in [0.1, 0.15) is 5.75 Å². The first-order valence-electron chi connectivity index (χ1n) is 7.39. The lowest BCUT2D eigenvalue weighted by molar-refractivity contribution is 0.148. The highest BCUT2D eigenvalue weighted by molar-refractivity contribution is 5.85. The summed E-state index contributed by atoms with van der Waals surface area (Å²) in [6, 6.07) is 5.70. The van der Waals surface area contributed by atoms with Gasteiger partial charge in [0.2, 0.25) is 0 Å². The van der Waals surface area contributed by atoms with Crippen molar-refractivity contribution in [3.63, 3.8) is 0 Å². The third kappa shape index (κ3) is 2.53. The van der Waals surface area contributed by atoms with Crippen molar-refractivity contribution in [2.45, 2.75) is 20.0 Å². The van der Waals surface area contributed by atoms with Gasteiger partial charge in [-0.05, 0) is 31.7 Å². The topological polar surface area (TPSA) is 31.6 Å². The van der Waals surface area contributed by atoms with Crippen LogP contribution in [0.1, 0.15) is 12.5 Å². The maximum absolute atomic E-state index is 9.68. The Kier molecular flexibility index (Phi) is 3.68. The molecule has 1 N–H and O–H groups in total. The molecule has 2 aromatic rings. The first kappa shape index (κ1) is 13.5. The van der Waals surface area contributed by atoms with Crippen molar-refractivity contribution in [2.24, 2.45) is 0 Å². The summed E-state index contributed by atoms with van der Waals surface area (Å²) in [5.41, 5.74) is 2.50. The number of aromatic hydroxyl groups is 1. The van der Waals surface area contributed by atoms with Gasteiger partial charge >= 0.3 is 0 Å². The van der Waals surface area contributed by atoms with Crippen molar-refractivity contribution < 1.29 is 5.11 Å². The summed E-state index contributed by atoms with van der Waals surface area (Å²) >= 11 is 0. The van der Waals surface area contributed by atoms with Gasteiger partial charge in [0, 0.05) is 56.9 Å². The van der Waals surface area contributed by atoms with Crippen molar-refractivity contribution in [2.75, 3.05) is 33.2 Å². The van der Waals surface area contributed by atoms with Crippen molar-refractivity contribution in [3.05, 3.63) is 30.0 Å². The number of phenols is 1. The summed E-state index contributed by atoms with van der Waals surface area (Å²) in [5.74, 6) is 0.344. The second kappa shape index (κ2) is 5.46. The number of rotatable bonds is 3. The number of aryl methyl sites for hydroxylation is 1. The highest BCUT2D eigenvalue weighted by Crippen LogP contribution is 2.26. The van der Waals surface area contributed by atoms with Crippen LogP contribution in [0.4, 0.5) is 0 Å². The molecule has 0 bridgehead atoms. The minimum Gasteiger partial charge on any atom is -0.508 e. The number of hydrogen-bond donors (Lipinski definition) is 1. The van der Waals surface area contributed by atoms with Crippen molar-refractivity contribution >= 4 is 10.9 Å². The molecule has 0 aliphatic carbocycles. The van der Waals surface area contributed by atoms with Gasteiger partial charge in [-0.3, -0.25) is 4.90 Å². The van der Waals surface area contributed by atoms with Crippen molar-refractivity contribution in [1.82, 2.24) is 14.4 Å². The minimum atomic E-state index is 0.344. The van der Waals surface area contributed by atoms with Crippen LogP contribution in [0, 0.1) is 0 Å². The molecule has 4 nitrogen and oxygen atoms in total. The molecule has 0 spiro atoms. The lowest BCUT2D eigenvalue weighted by atomic mass is 10.1. The van der Waals surface area contributed by atoms with Gasteiger partial charge in [-0.1, -0.05) is 0 Å². The summed E-state index contributed by atoms with van der Waals surface area (Å²) in [5, 5.41) is 10.9. The van der Waals surface area contributed by atoms with E-state index in [1.54, 1.807) is 6.07 Å². The Balaban J connectivity index is 1.88. The maximum atomic E-state index is 9.68. The highest BCUT2D eigenvalue weighted by atomic mass is 16.3. The molecule has 0 amide bonds. The largest absolute Gasteiger partial charge is 0.508 e. The SMILES string of the molecule is CCn1cc(CN2CCN(C)CC2)c2ccc(O)cc21. The van der Waals surface area contributed by atoms with Gasteiger partial charge in [-0.2, -0.15) is 0 Å². The smallest absolute Gasteiger partial charge is 0.117 e. The molecule has 1 aliphatic rings. The van der Waals surface area contributed by atoms with Crippen LogP contribution in [0.15, 0.2) is 24.4 Å². The summed E-state index contributed by atoms with van der Waals surface area (Å²) in [6.45, 7) is 8.63. The quantitative estimate of drug-likeness (QED) is 0.929. The molecule has 2 heterocycles. The Morgan fingerprint density at radius 2 is 1.90 bits per heavy atom. The molecule has 1 fully saturated rings. The monoisotopic (exact) mass is 273 g/mol. The summed E-state index contributed by atoms with van der Waals surface area (Å²) in [4.78, 5) is 4.89. The summed E-state index contributed by atoms with van der Waals surface area (Å²) in [6.07, 6.45) is 2.24. The third-order valence-corrected chi connectivity index (χ3v) is 4.28. The van der Waals surface area contributed by atoms with Crippen LogP contribution in [0.2, 0.25) is 0 Å². The van der Waals surface area contributed by atoms with Crippen molar-refractivity contribution in [3.8, 4) is 5.75 Å². The second-order valence-corrected chi connectivity index (χ2v) is 5.72. The van der Waals surface area contributed by atoms with Crippen LogP contribution in [-0.2, 0) is 13.1 Å². The van der Waals surface area contributed by atoms with Crippen molar-refractivity contribution in [1.29, 1.82) is 0 Å². The van der Waals surface area contributed by atoms with Crippen LogP contribution in [-0.4, -0.2) is 52.7 Å². The van der Waals surface area contributed by atoms with E-state index in [9.17, 15) is 5.11 Å². The Labute approximate surface area is 120 Å². The van der Waals surface area contributed by atoms with Crippen LogP contribution in [0.3, 0.4) is 0 Å². The zero-order valence-corrected chi connectivity index (χ0v) is 12.3. The summed E-state index contributed by atoms with van der Waals surface area (Å²) in [7, 11) is 2.18. The number of fused-ring (bicyclic) bond motifs is 1. The van der Waals surface area contributed by atoms with Crippen LogP contribution >= 0.6 is 0 Å². The van der Waals surface area contributed by atoms with Gasteiger partial charge in [-0.15, -0.1) is 0 Å². The molecule has 1 aliphatic heterocycles. The van der Waals surface area contributed by atoms with Crippen LogP contribution in [0.5, 0.6) is 5.75 Å². The Hall–Kier alpha value is -1.52. The van der Waals surface area contributed by atoms with E-state index in [0.29, 0.717) is 5.75 Å². The van der Waals surface area contributed by atoms with E-state index in [0.717, 1.165) is 44.8 Å². The molecular formula is C16H23N3O. The molecule has 0 atom stereocenters. The third-order valence-electron chi connectivity index (χ3n) is 4.28. The van der Waals surface area contributed by atoms with E-state index in [4.69, 9.17) is 0 Å². The van der Waals surface area contributed by atoms with E-state index < -0.39 is 0 Å². The number of nitrogens with zero attached hydrogens (tertiary/aromatic N) is 3. The fraction of sp³-hybridized carbons (Fsp3) is 0.500. The molecule has 108 valence electrons. The van der Waals surface area contributed by atoms with Gasteiger partial charge in [0.25, 0.3) is 0 Å². The normalized spacial score (nSPS) is 17.9. The highest BCUT2D eigenvalue weighted by Gasteiger charge is 2.16. The predicted octanol–water partition coefficient (Wildman–Crippen LogP) is 2.11. The first-order chi connectivity index (χ1) is 9.67. The molecule has 3 rings (SSSR count). The number of benzene rings is 1. The predicted molar refractivity (Wildman–Crippen MR) is 82.1 cm³/mol. The van der Waals surface area contributed by atoms with Gasteiger partial charge in [-0.25, -0.2) is 0 Å². The number of aromatic nitrogens is 1. The molecule has 0 radical (unpaired) electrons. The average molecular weight is 273 g/mol. The Morgan fingerprint density at radius 1 is 1.15 bits per heavy atom. The number of hydrogen-bond acceptors (Lipinski definition) is 3. The summed E-state index contributed by atoms with van der Waals surface area (Å²) < 4.78 is 2.22. The molecule has 20 heavy (non-hydrogen) atoms. The Morgan fingerprint density at radius 3 is 2.60 bits per heavy atom. The molecular weight excluding hydrogens is 250 g/mol. The average Bonchev–Trinajstić information content (AvgIpc) is 2.78. The van der Waals surface area contributed by atoms with Gasteiger partial charge in [0.05, 0.1) is 5.52 Å². The van der Waals surface area contributed by atoms with E-state index >= 15 is 0 Å². The van der Waals surface area contributed by atoms with Gasteiger partial charge in [0.15, 0.2) is 0 Å². The number of piperazine rings is 1. The number of phenolic OH excluding ortho intramolecular Hbond substituents is 1. The molecule has 0 saturated carbocycles. The molecule has 4 heteroatoms. The van der Waals surface area contributed by atoms with E-state index in [1.165, 1.54) is 10.9 Å². The minimum absolute atomic E-state index is 0.344. The fourth-order valence-corrected chi connectivity index (χ4v) is 2.99. The molecule has 1 aromatic heterocycles. The van der Waals surface area contributed by atoms with E-state index in [1.807, 2.05) is 12.1 Å². The standard InChI is InChI=1S/C16H23N3O/c1-3-19-12-13(11-18-8-6-17(2)7-9-18)15-5-4-14(20)10-16(15)19/h4-5,10,12,20H,3,6-9,11H2,1-2H3. The Bertz CT molecular complexity index is 597. The van der Waals surface area contributed by atoms with Gasteiger partial charge < -0.3 is 14.6 Å². The zero-order valence-electron chi connectivity index (χ0n) is 12.3. The lowest BCUT2D eigenvalue weighted by Crippen LogP contribution is -2.43. The molecule has 1 aromatic carbocycles. The molecule has 0 unspecified atom stereocenters. The zero-order chi connectivity index (χ0) is 14.1. The fourth-order valence-electron chi connectivity index (χ4n) is 2.99. The lowest BCUT2D eigenvalue weighted by Gasteiger charge is -2.32. The first-order valence-corrected chi connectivity index (χ1v) is 7.39. The van der Waals surface area contributed by atoms with E-state index in [-0.39, 0.29) is 0 Å². The van der Waals surface area contributed by atoms with Crippen LogP contribution < -0.4 is 0 Å². The van der Waals surface area contributed by atoms with Crippen LogP contribution in [0.25, 0.3) is 10.9 Å². The van der Waals surface area contributed by atoms with E-state index in [2.05, 4.69) is 34.5 Å².